The Bertz CT molecular complexity index is 1720. The third-order valence-corrected chi connectivity index (χ3v) is 7.06. The molecule has 0 bridgehead atoms. The first-order chi connectivity index (χ1) is 17.4. The molecule has 0 fully saturated rings. The molecule has 6 aromatic rings. The molecular weight excluding hydrogens is 440 g/mol. The smallest absolute Gasteiger partial charge is 0.163 e. The van der Waals surface area contributed by atoms with E-state index in [2.05, 4.69) is 91.6 Å². The summed E-state index contributed by atoms with van der Waals surface area (Å²) in [7, 11) is 0. The van der Waals surface area contributed by atoms with Gasteiger partial charge < -0.3 is 4.57 Å². The van der Waals surface area contributed by atoms with Crippen LogP contribution in [0, 0.1) is 34.6 Å². The fourth-order valence-corrected chi connectivity index (χ4v) is 5.50. The lowest BCUT2D eigenvalue weighted by Crippen LogP contribution is -2.05. The van der Waals surface area contributed by atoms with E-state index in [9.17, 15) is 0 Å². The van der Waals surface area contributed by atoms with Gasteiger partial charge in [-0.15, -0.1) is 0 Å². The Kier molecular flexibility index (Phi) is 5.18. The zero-order chi connectivity index (χ0) is 25.0. The van der Waals surface area contributed by atoms with E-state index in [-0.39, 0.29) is 0 Å². The average molecular weight is 469 g/mol. The summed E-state index contributed by atoms with van der Waals surface area (Å²) in [6.07, 6.45) is 1.62. The van der Waals surface area contributed by atoms with E-state index in [0.717, 1.165) is 22.3 Å². The standard InChI is InChI=1S/C32H28N4/c1-19-11-13-27-25(15-19)26-16-20(2)12-14-28(26)36(27)30-22(4)17-21(3)29(23(30)5)32-34-18-33-31(35-32)24-9-7-6-8-10-24/h6-18H,1-5H3. The Morgan fingerprint density at radius 3 is 1.86 bits per heavy atom. The van der Waals surface area contributed by atoms with Crippen LogP contribution in [-0.4, -0.2) is 19.5 Å². The lowest BCUT2D eigenvalue weighted by Gasteiger charge is -2.19. The molecule has 4 aromatic carbocycles. The highest BCUT2D eigenvalue weighted by molar-refractivity contribution is 6.10. The fourth-order valence-electron chi connectivity index (χ4n) is 5.50. The molecule has 0 saturated heterocycles. The predicted molar refractivity (Wildman–Crippen MR) is 149 cm³/mol. The quantitative estimate of drug-likeness (QED) is 0.266. The monoisotopic (exact) mass is 468 g/mol. The van der Waals surface area contributed by atoms with Crippen LogP contribution in [0.5, 0.6) is 0 Å². The van der Waals surface area contributed by atoms with E-state index in [1.807, 2.05) is 30.3 Å². The summed E-state index contributed by atoms with van der Waals surface area (Å²) in [6, 6.07) is 25.8. The molecule has 0 aliphatic heterocycles. The third kappa shape index (κ3) is 3.49. The van der Waals surface area contributed by atoms with E-state index >= 15 is 0 Å². The number of hydrogen-bond donors (Lipinski definition) is 0. The van der Waals surface area contributed by atoms with Gasteiger partial charge in [-0.1, -0.05) is 59.7 Å². The van der Waals surface area contributed by atoms with Gasteiger partial charge in [-0.05, 0) is 75.6 Å². The van der Waals surface area contributed by atoms with Crippen molar-refractivity contribution in [2.45, 2.75) is 34.6 Å². The van der Waals surface area contributed by atoms with Crippen molar-refractivity contribution in [3.8, 4) is 28.5 Å². The second kappa shape index (κ2) is 8.42. The SMILES string of the molecule is Cc1ccc2c(c1)c1cc(C)ccc1n2-c1c(C)cc(C)c(-c2ncnc(-c3ccccc3)n2)c1C. The molecule has 0 N–H and O–H groups in total. The zero-order valence-corrected chi connectivity index (χ0v) is 21.3. The van der Waals surface area contributed by atoms with E-state index in [1.54, 1.807) is 6.33 Å². The molecule has 4 heteroatoms. The van der Waals surface area contributed by atoms with Crippen LogP contribution in [0.4, 0.5) is 0 Å². The zero-order valence-electron chi connectivity index (χ0n) is 21.3. The maximum atomic E-state index is 4.90. The molecule has 0 saturated carbocycles. The second-order valence-corrected chi connectivity index (χ2v) is 9.73. The van der Waals surface area contributed by atoms with Crippen LogP contribution in [0.3, 0.4) is 0 Å². The van der Waals surface area contributed by atoms with Crippen LogP contribution in [-0.2, 0) is 0 Å². The fraction of sp³-hybridized carbons (Fsp3) is 0.156. The summed E-state index contributed by atoms with van der Waals surface area (Å²) in [6.45, 7) is 10.8. The summed E-state index contributed by atoms with van der Waals surface area (Å²) in [5, 5.41) is 2.56. The first kappa shape index (κ1) is 22.2. The largest absolute Gasteiger partial charge is 0.309 e. The molecule has 6 rings (SSSR count). The Morgan fingerprint density at radius 2 is 1.22 bits per heavy atom. The van der Waals surface area contributed by atoms with Crippen LogP contribution >= 0.6 is 0 Å². The van der Waals surface area contributed by atoms with Crippen molar-refractivity contribution in [3.63, 3.8) is 0 Å². The molecule has 2 aromatic heterocycles. The number of aryl methyl sites for hydroxylation is 4. The molecule has 0 atom stereocenters. The third-order valence-electron chi connectivity index (χ3n) is 7.06. The number of fused-ring (bicyclic) bond motifs is 3. The Morgan fingerprint density at radius 1 is 0.611 bits per heavy atom. The Balaban J connectivity index is 1.65. The molecule has 0 unspecified atom stereocenters. The molecule has 0 spiro atoms. The highest BCUT2D eigenvalue weighted by Crippen LogP contribution is 2.38. The van der Waals surface area contributed by atoms with Crippen molar-refractivity contribution < 1.29 is 0 Å². The van der Waals surface area contributed by atoms with Crippen molar-refractivity contribution in [3.05, 3.63) is 107 Å². The molecule has 176 valence electrons. The number of hydrogen-bond acceptors (Lipinski definition) is 3. The molecule has 0 amide bonds. The first-order valence-corrected chi connectivity index (χ1v) is 12.3. The van der Waals surface area contributed by atoms with Crippen LogP contribution in [0.15, 0.2) is 79.1 Å². The van der Waals surface area contributed by atoms with Gasteiger partial charge in [0.2, 0.25) is 0 Å². The molecule has 4 nitrogen and oxygen atoms in total. The number of benzene rings is 4. The highest BCUT2D eigenvalue weighted by atomic mass is 15.0. The van der Waals surface area contributed by atoms with Crippen molar-refractivity contribution >= 4 is 21.8 Å². The Labute approximate surface area is 211 Å². The Hall–Kier alpha value is -4.31. The number of aromatic nitrogens is 4. The van der Waals surface area contributed by atoms with Gasteiger partial charge in [-0.25, -0.2) is 15.0 Å². The van der Waals surface area contributed by atoms with Gasteiger partial charge in [-0.3, -0.25) is 0 Å². The minimum absolute atomic E-state index is 0.685. The molecule has 36 heavy (non-hydrogen) atoms. The maximum absolute atomic E-state index is 4.90. The normalized spacial score (nSPS) is 11.5. The molecule has 0 radical (unpaired) electrons. The number of rotatable bonds is 3. The lowest BCUT2D eigenvalue weighted by molar-refractivity contribution is 1.05. The van der Waals surface area contributed by atoms with Gasteiger partial charge >= 0.3 is 0 Å². The lowest BCUT2D eigenvalue weighted by atomic mass is 9.96. The van der Waals surface area contributed by atoms with Crippen LogP contribution in [0.25, 0.3) is 50.3 Å². The predicted octanol–water partition coefficient (Wildman–Crippen LogP) is 7.84. The summed E-state index contributed by atoms with van der Waals surface area (Å²) in [4.78, 5) is 14.0. The van der Waals surface area contributed by atoms with Gasteiger partial charge in [-0.2, -0.15) is 0 Å². The van der Waals surface area contributed by atoms with E-state index < -0.39 is 0 Å². The van der Waals surface area contributed by atoms with Crippen molar-refractivity contribution in [1.29, 1.82) is 0 Å². The van der Waals surface area contributed by atoms with E-state index in [4.69, 9.17) is 4.98 Å². The van der Waals surface area contributed by atoms with Gasteiger partial charge in [0.1, 0.15) is 6.33 Å². The minimum Gasteiger partial charge on any atom is -0.309 e. The summed E-state index contributed by atoms with van der Waals surface area (Å²) in [5.74, 6) is 1.39. The first-order valence-electron chi connectivity index (χ1n) is 12.3. The average Bonchev–Trinajstić information content (AvgIpc) is 3.17. The topological polar surface area (TPSA) is 43.6 Å². The second-order valence-electron chi connectivity index (χ2n) is 9.73. The molecule has 0 aliphatic carbocycles. The van der Waals surface area contributed by atoms with Crippen molar-refractivity contribution in [2.75, 3.05) is 0 Å². The molecule has 2 heterocycles. The highest BCUT2D eigenvalue weighted by Gasteiger charge is 2.21. The van der Waals surface area contributed by atoms with Gasteiger partial charge in [0, 0.05) is 21.9 Å². The summed E-state index contributed by atoms with van der Waals surface area (Å²) < 4.78 is 2.41. The van der Waals surface area contributed by atoms with Gasteiger partial charge in [0.05, 0.1) is 16.7 Å². The van der Waals surface area contributed by atoms with Crippen LogP contribution < -0.4 is 0 Å². The van der Waals surface area contributed by atoms with Crippen molar-refractivity contribution in [1.82, 2.24) is 19.5 Å². The number of nitrogens with zero attached hydrogens (tertiary/aromatic N) is 4. The van der Waals surface area contributed by atoms with Crippen molar-refractivity contribution in [2.24, 2.45) is 0 Å². The summed E-state index contributed by atoms with van der Waals surface area (Å²) in [5.41, 5.74) is 11.7. The van der Waals surface area contributed by atoms with Gasteiger partial charge in [0.25, 0.3) is 0 Å². The minimum atomic E-state index is 0.685. The van der Waals surface area contributed by atoms with Gasteiger partial charge in [0.15, 0.2) is 11.6 Å². The van der Waals surface area contributed by atoms with Crippen LogP contribution in [0.2, 0.25) is 0 Å². The van der Waals surface area contributed by atoms with E-state index in [0.29, 0.717) is 11.6 Å². The van der Waals surface area contributed by atoms with Crippen LogP contribution in [0.1, 0.15) is 27.8 Å². The summed E-state index contributed by atoms with van der Waals surface area (Å²) >= 11 is 0. The molecular formula is C32H28N4. The maximum Gasteiger partial charge on any atom is 0.163 e. The molecule has 0 aliphatic rings. The van der Waals surface area contributed by atoms with E-state index in [1.165, 1.54) is 44.2 Å².